The number of ether oxygens (including phenoxy) is 1. The van der Waals surface area contributed by atoms with Crippen molar-refractivity contribution < 1.29 is 17.9 Å². The van der Waals surface area contributed by atoms with Crippen LogP contribution in [0.2, 0.25) is 0 Å². The molecule has 0 spiro atoms. The molecule has 16 heavy (non-hydrogen) atoms. The molecule has 1 rings (SSSR count). The summed E-state index contributed by atoms with van der Waals surface area (Å²) in [6, 6.07) is 0.279. The fourth-order valence-corrected chi connectivity index (χ4v) is 3.23. The Balaban J connectivity index is 2.09. The predicted molar refractivity (Wildman–Crippen MR) is 60.9 cm³/mol. The largest absolute Gasteiger partial charge is 0.469 e. The third-order valence-corrected chi connectivity index (χ3v) is 4.49. The van der Waals surface area contributed by atoms with Crippen LogP contribution in [0.25, 0.3) is 0 Å². The number of sulfone groups is 1. The zero-order valence-electron chi connectivity index (χ0n) is 9.57. The van der Waals surface area contributed by atoms with E-state index in [-0.39, 0.29) is 23.5 Å². The highest BCUT2D eigenvalue weighted by Crippen LogP contribution is 2.11. The van der Waals surface area contributed by atoms with Gasteiger partial charge < -0.3 is 10.1 Å². The van der Waals surface area contributed by atoms with Crippen molar-refractivity contribution >= 4 is 15.8 Å². The summed E-state index contributed by atoms with van der Waals surface area (Å²) >= 11 is 0. The quantitative estimate of drug-likeness (QED) is 0.553. The molecule has 1 aliphatic heterocycles. The zero-order chi connectivity index (χ0) is 12.0. The summed E-state index contributed by atoms with van der Waals surface area (Å²) in [4.78, 5) is 10.8. The SMILES string of the molecule is COC(=O)CCCNC1CCS(=O)(=O)CC1. The summed E-state index contributed by atoms with van der Waals surface area (Å²) in [5.74, 6) is 0.358. The van der Waals surface area contributed by atoms with Gasteiger partial charge >= 0.3 is 5.97 Å². The van der Waals surface area contributed by atoms with Crippen LogP contribution < -0.4 is 5.32 Å². The molecule has 0 atom stereocenters. The summed E-state index contributed by atoms with van der Waals surface area (Å²) in [5, 5.41) is 3.27. The van der Waals surface area contributed by atoms with Crippen molar-refractivity contribution in [2.45, 2.75) is 31.7 Å². The average molecular weight is 249 g/mol. The lowest BCUT2D eigenvalue weighted by Crippen LogP contribution is -2.38. The van der Waals surface area contributed by atoms with Gasteiger partial charge in [0, 0.05) is 12.5 Å². The predicted octanol–water partition coefficient (Wildman–Crippen LogP) is 0.106. The molecule has 1 N–H and O–H groups in total. The van der Waals surface area contributed by atoms with E-state index in [1.165, 1.54) is 7.11 Å². The smallest absolute Gasteiger partial charge is 0.305 e. The lowest BCUT2D eigenvalue weighted by Gasteiger charge is -2.22. The third-order valence-electron chi connectivity index (χ3n) is 2.77. The van der Waals surface area contributed by atoms with E-state index in [0.717, 1.165) is 13.0 Å². The van der Waals surface area contributed by atoms with Gasteiger partial charge in [0.1, 0.15) is 9.84 Å². The van der Waals surface area contributed by atoms with Crippen LogP contribution in [0.3, 0.4) is 0 Å². The highest BCUT2D eigenvalue weighted by Gasteiger charge is 2.22. The van der Waals surface area contributed by atoms with Crippen molar-refractivity contribution in [3.8, 4) is 0 Å². The summed E-state index contributed by atoms with van der Waals surface area (Å²) in [5.41, 5.74) is 0. The molecule has 5 nitrogen and oxygen atoms in total. The van der Waals surface area contributed by atoms with Gasteiger partial charge in [0.2, 0.25) is 0 Å². The van der Waals surface area contributed by atoms with Crippen LogP contribution in [-0.2, 0) is 19.4 Å². The van der Waals surface area contributed by atoms with Crippen LogP contribution in [0.1, 0.15) is 25.7 Å². The van der Waals surface area contributed by atoms with Gasteiger partial charge in [0.05, 0.1) is 18.6 Å². The van der Waals surface area contributed by atoms with Crippen LogP contribution in [0.4, 0.5) is 0 Å². The maximum atomic E-state index is 11.2. The summed E-state index contributed by atoms with van der Waals surface area (Å²) < 4.78 is 26.9. The Morgan fingerprint density at radius 2 is 2.00 bits per heavy atom. The highest BCUT2D eigenvalue weighted by molar-refractivity contribution is 7.91. The van der Waals surface area contributed by atoms with E-state index < -0.39 is 9.84 Å². The van der Waals surface area contributed by atoms with Crippen molar-refractivity contribution in [3.63, 3.8) is 0 Å². The first kappa shape index (κ1) is 13.4. The van der Waals surface area contributed by atoms with Gasteiger partial charge in [0.25, 0.3) is 0 Å². The number of nitrogens with one attached hydrogen (secondary N) is 1. The second-order valence-corrected chi connectivity index (χ2v) is 6.36. The topological polar surface area (TPSA) is 72.5 Å². The molecule has 0 radical (unpaired) electrons. The number of esters is 1. The summed E-state index contributed by atoms with van der Waals surface area (Å²) in [6.07, 6.45) is 2.51. The van der Waals surface area contributed by atoms with E-state index in [4.69, 9.17) is 0 Å². The van der Waals surface area contributed by atoms with Gasteiger partial charge in [-0.15, -0.1) is 0 Å². The maximum absolute atomic E-state index is 11.2. The minimum absolute atomic E-state index is 0.201. The van der Waals surface area contributed by atoms with E-state index in [9.17, 15) is 13.2 Å². The molecule has 1 aliphatic rings. The van der Waals surface area contributed by atoms with E-state index >= 15 is 0 Å². The second kappa shape index (κ2) is 6.20. The molecule has 0 unspecified atom stereocenters. The van der Waals surface area contributed by atoms with Crippen LogP contribution in [0.5, 0.6) is 0 Å². The normalized spacial score (nSPS) is 20.6. The lowest BCUT2D eigenvalue weighted by atomic mass is 10.1. The van der Waals surface area contributed by atoms with Gasteiger partial charge in [-0.1, -0.05) is 0 Å². The van der Waals surface area contributed by atoms with Gasteiger partial charge in [-0.25, -0.2) is 8.42 Å². The second-order valence-electron chi connectivity index (χ2n) is 4.06. The number of carbonyl (C=O) groups is 1. The molecule has 0 bridgehead atoms. The van der Waals surface area contributed by atoms with Gasteiger partial charge in [0.15, 0.2) is 0 Å². The first-order valence-corrected chi connectivity index (χ1v) is 7.36. The minimum Gasteiger partial charge on any atom is -0.469 e. The number of methoxy groups -OCH3 is 1. The Morgan fingerprint density at radius 3 is 2.56 bits per heavy atom. The number of carbonyl (C=O) groups excluding carboxylic acids is 1. The Labute approximate surface area is 96.5 Å². The van der Waals surface area contributed by atoms with Crippen LogP contribution in [0.15, 0.2) is 0 Å². The Kier molecular flexibility index (Phi) is 5.21. The molecule has 0 aromatic rings. The minimum atomic E-state index is -2.78. The van der Waals surface area contributed by atoms with Gasteiger partial charge in [-0.2, -0.15) is 0 Å². The highest BCUT2D eigenvalue weighted by atomic mass is 32.2. The summed E-state index contributed by atoms with van der Waals surface area (Å²) in [6.45, 7) is 0.736. The van der Waals surface area contributed by atoms with Crippen LogP contribution >= 0.6 is 0 Å². The van der Waals surface area contributed by atoms with Gasteiger partial charge in [-0.05, 0) is 25.8 Å². The maximum Gasteiger partial charge on any atom is 0.305 e. The summed E-state index contributed by atoms with van der Waals surface area (Å²) in [7, 11) is -1.40. The molecule has 1 fully saturated rings. The Morgan fingerprint density at radius 1 is 1.38 bits per heavy atom. The van der Waals surface area contributed by atoms with Gasteiger partial charge in [-0.3, -0.25) is 4.79 Å². The molecule has 1 heterocycles. The monoisotopic (exact) mass is 249 g/mol. The molecule has 0 aromatic carbocycles. The number of rotatable bonds is 5. The van der Waals surface area contributed by atoms with Crippen molar-refractivity contribution in [1.82, 2.24) is 5.32 Å². The lowest BCUT2D eigenvalue weighted by molar-refractivity contribution is -0.140. The number of hydrogen-bond acceptors (Lipinski definition) is 5. The van der Waals surface area contributed by atoms with E-state index in [2.05, 4.69) is 10.1 Å². The fourth-order valence-electron chi connectivity index (χ4n) is 1.74. The molecule has 6 heteroatoms. The molecule has 0 aliphatic carbocycles. The van der Waals surface area contributed by atoms with E-state index in [0.29, 0.717) is 19.3 Å². The Bertz CT molecular complexity index is 312. The van der Waals surface area contributed by atoms with Crippen molar-refractivity contribution in [2.75, 3.05) is 25.2 Å². The molecular formula is C10H19NO4S. The molecule has 0 amide bonds. The van der Waals surface area contributed by atoms with Crippen LogP contribution in [-0.4, -0.2) is 45.6 Å². The van der Waals surface area contributed by atoms with Crippen molar-refractivity contribution in [3.05, 3.63) is 0 Å². The molecule has 94 valence electrons. The van der Waals surface area contributed by atoms with E-state index in [1.807, 2.05) is 0 Å². The number of hydrogen-bond donors (Lipinski definition) is 1. The van der Waals surface area contributed by atoms with Crippen LogP contribution in [0, 0.1) is 0 Å². The first-order valence-electron chi connectivity index (χ1n) is 5.54. The average Bonchev–Trinajstić information content (AvgIpc) is 2.26. The molecule has 0 aromatic heterocycles. The van der Waals surface area contributed by atoms with Crippen molar-refractivity contribution in [2.24, 2.45) is 0 Å². The third kappa shape index (κ3) is 4.94. The molecule has 1 saturated heterocycles. The fraction of sp³-hybridized carbons (Fsp3) is 0.900. The zero-order valence-corrected chi connectivity index (χ0v) is 10.4. The molecular weight excluding hydrogens is 230 g/mol. The van der Waals surface area contributed by atoms with E-state index in [1.54, 1.807) is 0 Å². The first-order chi connectivity index (χ1) is 7.53. The molecule has 0 saturated carbocycles. The Hall–Kier alpha value is -0.620. The standard InChI is InChI=1S/C10H19NO4S/c1-15-10(12)3-2-6-11-9-4-7-16(13,14)8-5-9/h9,11H,2-8H2,1H3. The van der Waals surface area contributed by atoms with Crippen molar-refractivity contribution in [1.29, 1.82) is 0 Å².